The number of rotatable bonds is 5. The lowest BCUT2D eigenvalue weighted by atomic mass is 10.1. The largest absolute Gasteiger partial charge is 0.494 e. The van der Waals surface area contributed by atoms with Gasteiger partial charge in [-0.2, -0.15) is 0 Å². The second kappa shape index (κ2) is 7.44. The van der Waals surface area contributed by atoms with E-state index < -0.39 is 4.92 Å². The number of non-ortho nitro benzene ring substituents is 1. The lowest BCUT2D eigenvalue weighted by molar-refractivity contribution is -0.384. The van der Waals surface area contributed by atoms with Crippen LogP contribution in [-0.2, 0) is 0 Å². The Labute approximate surface area is 155 Å². The number of nitrogens with one attached hydrogen (secondary N) is 2. The SMILES string of the molecule is COc1cc([N+](=O)[O-])ccc1NC(=S)N[C@@H](C)c1ccc2c(c1)OCO2. The second-order valence-corrected chi connectivity index (χ2v) is 5.98. The molecule has 26 heavy (non-hydrogen) atoms. The van der Waals surface area contributed by atoms with E-state index in [1.807, 2.05) is 25.1 Å². The van der Waals surface area contributed by atoms with Gasteiger partial charge in [0, 0.05) is 6.07 Å². The third-order valence-electron chi connectivity index (χ3n) is 3.89. The van der Waals surface area contributed by atoms with Crippen LogP contribution in [0.5, 0.6) is 17.2 Å². The Kier molecular flexibility index (Phi) is 5.08. The number of nitrogens with zero attached hydrogens (tertiary/aromatic N) is 1. The molecule has 0 unspecified atom stereocenters. The van der Waals surface area contributed by atoms with Crippen LogP contribution in [0.3, 0.4) is 0 Å². The van der Waals surface area contributed by atoms with Gasteiger partial charge in [0.1, 0.15) is 5.75 Å². The molecular formula is C17H17N3O5S. The molecule has 2 aromatic rings. The molecule has 1 aliphatic rings. The number of benzene rings is 2. The molecule has 1 atom stereocenters. The topological polar surface area (TPSA) is 94.9 Å². The molecule has 0 amide bonds. The minimum absolute atomic E-state index is 0.0556. The summed E-state index contributed by atoms with van der Waals surface area (Å²) in [6.45, 7) is 2.18. The van der Waals surface area contributed by atoms with Crippen molar-refractivity contribution in [1.82, 2.24) is 5.32 Å². The van der Waals surface area contributed by atoms with Crippen molar-refractivity contribution in [1.29, 1.82) is 0 Å². The predicted molar refractivity (Wildman–Crippen MR) is 100.0 cm³/mol. The Morgan fingerprint density at radius 3 is 2.77 bits per heavy atom. The van der Waals surface area contributed by atoms with Crippen LogP contribution in [0.2, 0.25) is 0 Å². The quantitative estimate of drug-likeness (QED) is 0.467. The molecule has 0 spiro atoms. The van der Waals surface area contributed by atoms with Crippen LogP contribution in [0.15, 0.2) is 36.4 Å². The smallest absolute Gasteiger partial charge is 0.273 e. The Balaban J connectivity index is 1.68. The summed E-state index contributed by atoms with van der Waals surface area (Å²) in [6.07, 6.45) is 0. The third-order valence-corrected chi connectivity index (χ3v) is 4.11. The minimum Gasteiger partial charge on any atom is -0.494 e. The maximum atomic E-state index is 10.9. The fourth-order valence-electron chi connectivity index (χ4n) is 2.52. The Morgan fingerprint density at radius 1 is 1.27 bits per heavy atom. The second-order valence-electron chi connectivity index (χ2n) is 5.57. The van der Waals surface area contributed by atoms with Crippen LogP contribution < -0.4 is 24.8 Å². The Morgan fingerprint density at radius 2 is 2.04 bits per heavy atom. The number of methoxy groups -OCH3 is 1. The summed E-state index contributed by atoms with van der Waals surface area (Å²) >= 11 is 5.34. The monoisotopic (exact) mass is 375 g/mol. The van der Waals surface area contributed by atoms with E-state index in [0.29, 0.717) is 22.3 Å². The number of thiocarbonyl (C=S) groups is 1. The van der Waals surface area contributed by atoms with Crippen molar-refractivity contribution in [2.45, 2.75) is 13.0 Å². The van der Waals surface area contributed by atoms with Gasteiger partial charge in [-0.3, -0.25) is 10.1 Å². The number of anilines is 1. The first-order chi connectivity index (χ1) is 12.5. The van der Waals surface area contributed by atoms with Gasteiger partial charge in [0.25, 0.3) is 5.69 Å². The van der Waals surface area contributed by atoms with Crippen molar-refractivity contribution in [2.75, 3.05) is 19.2 Å². The summed E-state index contributed by atoms with van der Waals surface area (Å²) in [5.41, 5.74) is 1.46. The molecule has 2 N–H and O–H groups in total. The van der Waals surface area contributed by atoms with Gasteiger partial charge in [0.2, 0.25) is 6.79 Å². The normalized spacial score (nSPS) is 13.0. The summed E-state index contributed by atoms with van der Waals surface area (Å²) in [6, 6.07) is 9.87. The lowest BCUT2D eigenvalue weighted by Gasteiger charge is -2.18. The summed E-state index contributed by atoms with van der Waals surface area (Å²) in [4.78, 5) is 10.4. The fourth-order valence-corrected chi connectivity index (χ4v) is 2.80. The van der Waals surface area contributed by atoms with Crippen LogP contribution in [0.25, 0.3) is 0 Å². The van der Waals surface area contributed by atoms with Gasteiger partial charge >= 0.3 is 0 Å². The van der Waals surface area contributed by atoms with Gasteiger partial charge in [-0.15, -0.1) is 0 Å². The third kappa shape index (κ3) is 3.77. The lowest BCUT2D eigenvalue weighted by Crippen LogP contribution is -2.31. The number of ether oxygens (including phenoxy) is 3. The maximum absolute atomic E-state index is 10.9. The first-order valence-corrected chi connectivity index (χ1v) is 8.18. The molecule has 0 fully saturated rings. The van der Waals surface area contributed by atoms with Crippen LogP contribution >= 0.6 is 12.2 Å². The van der Waals surface area contributed by atoms with Gasteiger partial charge in [-0.25, -0.2) is 0 Å². The molecule has 0 bridgehead atoms. The van der Waals surface area contributed by atoms with Crippen LogP contribution in [-0.4, -0.2) is 23.9 Å². The van der Waals surface area contributed by atoms with Crippen molar-refractivity contribution in [3.63, 3.8) is 0 Å². The van der Waals surface area contributed by atoms with E-state index in [1.165, 1.54) is 19.2 Å². The van der Waals surface area contributed by atoms with E-state index in [4.69, 9.17) is 26.4 Å². The molecule has 1 heterocycles. The first kappa shape index (κ1) is 17.7. The fraction of sp³-hybridized carbons (Fsp3) is 0.235. The van der Waals surface area contributed by atoms with Crippen LogP contribution in [0.1, 0.15) is 18.5 Å². The summed E-state index contributed by atoms with van der Waals surface area (Å²) in [5.74, 6) is 1.75. The number of hydrogen-bond donors (Lipinski definition) is 2. The number of nitro benzene ring substituents is 1. The van der Waals surface area contributed by atoms with Crippen molar-refractivity contribution >= 4 is 28.7 Å². The van der Waals surface area contributed by atoms with Gasteiger partial charge in [-0.1, -0.05) is 6.07 Å². The van der Waals surface area contributed by atoms with Crippen molar-refractivity contribution in [2.24, 2.45) is 0 Å². The maximum Gasteiger partial charge on any atom is 0.273 e. The number of nitro groups is 1. The van der Waals surface area contributed by atoms with Gasteiger partial charge in [-0.05, 0) is 42.9 Å². The molecule has 8 nitrogen and oxygen atoms in total. The molecule has 136 valence electrons. The molecule has 0 aromatic heterocycles. The predicted octanol–water partition coefficient (Wildman–Crippen LogP) is 3.38. The van der Waals surface area contributed by atoms with Crippen molar-refractivity contribution in [3.8, 4) is 17.2 Å². The highest BCUT2D eigenvalue weighted by atomic mass is 32.1. The standard InChI is InChI=1S/C17H17N3O5S/c1-10(11-3-6-14-16(7-11)25-9-24-14)18-17(26)19-13-5-4-12(20(21)22)8-15(13)23-2/h3-8,10H,9H2,1-2H3,(H2,18,19,26)/t10-/m0/s1. The van der Waals surface area contributed by atoms with E-state index in [-0.39, 0.29) is 18.5 Å². The van der Waals surface area contributed by atoms with Gasteiger partial charge < -0.3 is 24.8 Å². The first-order valence-electron chi connectivity index (χ1n) is 7.77. The zero-order chi connectivity index (χ0) is 18.7. The molecule has 0 radical (unpaired) electrons. The Hall–Kier alpha value is -3.07. The summed E-state index contributed by atoms with van der Waals surface area (Å²) < 4.78 is 15.9. The van der Waals surface area contributed by atoms with E-state index in [9.17, 15) is 10.1 Å². The highest BCUT2D eigenvalue weighted by molar-refractivity contribution is 7.80. The van der Waals surface area contributed by atoms with E-state index in [2.05, 4.69) is 10.6 Å². The molecule has 0 saturated carbocycles. The van der Waals surface area contributed by atoms with Gasteiger partial charge in [0.15, 0.2) is 16.6 Å². The van der Waals surface area contributed by atoms with Crippen LogP contribution in [0.4, 0.5) is 11.4 Å². The zero-order valence-electron chi connectivity index (χ0n) is 14.1. The number of fused-ring (bicyclic) bond motifs is 1. The molecule has 3 rings (SSSR count). The minimum atomic E-state index is -0.482. The van der Waals surface area contributed by atoms with E-state index in [0.717, 1.165) is 11.3 Å². The highest BCUT2D eigenvalue weighted by Crippen LogP contribution is 2.34. The molecule has 1 aliphatic heterocycles. The van der Waals surface area contributed by atoms with Gasteiger partial charge in [0.05, 0.1) is 29.8 Å². The van der Waals surface area contributed by atoms with Crippen molar-refractivity contribution < 1.29 is 19.1 Å². The number of hydrogen-bond acceptors (Lipinski definition) is 6. The van der Waals surface area contributed by atoms with E-state index in [1.54, 1.807) is 6.07 Å². The van der Waals surface area contributed by atoms with E-state index >= 15 is 0 Å². The van der Waals surface area contributed by atoms with Crippen LogP contribution in [0, 0.1) is 10.1 Å². The average molecular weight is 375 g/mol. The summed E-state index contributed by atoms with van der Waals surface area (Å²) in [5, 5.41) is 17.4. The highest BCUT2D eigenvalue weighted by Gasteiger charge is 2.17. The zero-order valence-corrected chi connectivity index (χ0v) is 15.0. The summed E-state index contributed by atoms with van der Waals surface area (Å²) in [7, 11) is 1.44. The van der Waals surface area contributed by atoms with Crippen molar-refractivity contribution in [3.05, 3.63) is 52.1 Å². The molecule has 2 aromatic carbocycles. The molecule has 0 saturated heterocycles. The average Bonchev–Trinajstić information content (AvgIpc) is 3.09. The molecular weight excluding hydrogens is 358 g/mol. The molecule has 0 aliphatic carbocycles. The molecule has 9 heteroatoms. The Bertz CT molecular complexity index is 858.